The van der Waals surface area contributed by atoms with Crippen molar-refractivity contribution in [3.8, 4) is 16.5 Å². The van der Waals surface area contributed by atoms with E-state index in [0.29, 0.717) is 46.7 Å². The van der Waals surface area contributed by atoms with E-state index in [2.05, 4.69) is 25.3 Å². The van der Waals surface area contributed by atoms with Crippen molar-refractivity contribution in [2.75, 3.05) is 31.7 Å². The van der Waals surface area contributed by atoms with E-state index in [0.717, 1.165) is 0 Å². The minimum atomic E-state index is -0.827. The Bertz CT molecular complexity index is 1240. The number of hydrogen-bond acceptors (Lipinski definition) is 10. The van der Waals surface area contributed by atoms with E-state index >= 15 is 0 Å². The lowest BCUT2D eigenvalue weighted by Crippen LogP contribution is -2.55. The van der Waals surface area contributed by atoms with Crippen LogP contribution in [0.5, 0.6) is 5.06 Å². The van der Waals surface area contributed by atoms with E-state index in [-0.39, 0.29) is 40.4 Å². The van der Waals surface area contributed by atoms with Crippen molar-refractivity contribution < 1.29 is 23.8 Å². The molecule has 0 saturated carbocycles. The van der Waals surface area contributed by atoms with Gasteiger partial charge in [0.1, 0.15) is 17.1 Å². The Morgan fingerprint density at radius 3 is 2.75 bits per heavy atom. The number of aromatic amines is 1. The first-order chi connectivity index (χ1) is 17.3. The van der Waals surface area contributed by atoms with E-state index in [1.54, 1.807) is 27.2 Å². The van der Waals surface area contributed by atoms with Crippen LogP contribution < -0.4 is 15.0 Å². The summed E-state index contributed by atoms with van der Waals surface area (Å²) < 4.78 is 16.0. The predicted molar refractivity (Wildman–Crippen MR) is 135 cm³/mol. The van der Waals surface area contributed by atoms with Crippen LogP contribution in [0.1, 0.15) is 29.5 Å². The third-order valence-corrected chi connectivity index (χ3v) is 7.50. The summed E-state index contributed by atoms with van der Waals surface area (Å²) in [6.45, 7) is 4.61. The van der Waals surface area contributed by atoms with Crippen molar-refractivity contribution in [1.29, 1.82) is 0 Å². The van der Waals surface area contributed by atoms with E-state index < -0.39 is 6.16 Å². The zero-order chi connectivity index (χ0) is 25.8. The molecule has 1 fully saturated rings. The lowest BCUT2D eigenvalue weighted by molar-refractivity contribution is 0.0540. The third-order valence-electron chi connectivity index (χ3n) is 5.56. The highest BCUT2D eigenvalue weighted by Gasteiger charge is 2.34. The molecular formula is C22H24Cl2N6O5S. The fourth-order valence-corrected chi connectivity index (χ4v) is 5.14. The molecule has 0 bridgehead atoms. The van der Waals surface area contributed by atoms with Gasteiger partial charge in [-0.2, -0.15) is 0 Å². The summed E-state index contributed by atoms with van der Waals surface area (Å²) in [5.41, 5.74) is 1.68. The molecule has 2 atom stereocenters. The van der Waals surface area contributed by atoms with Crippen LogP contribution in [0.2, 0.25) is 10.0 Å². The maximum absolute atomic E-state index is 12.8. The fourth-order valence-electron chi connectivity index (χ4n) is 3.77. The molecule has 0 aromatic carbocycles. The zero-order valence-electron chi connectivity index (χ0n) is 19.7. The number of carbonyl (C=O) groups excluding carboxylic acids is 2. The summed E-state index contributed by atoms with van der Waals surface area (Å²) in [5, 5.41) is 4.36. The molecule has 1 amide bonds. The SMILES string of the molecule is CCOC(=O)Oc1sc(N2CC[C@@H](NC(=O)c3[nH]c(C)c(Cl)c3Cl)[C@@H](OC)C2)nc1-c1cnccn1. The minimum absolute atomic E-state index is 0.180. The van der Waals surface area contributed by atoms with Gasteiger partial charge in [0.25, 0.3) is 5.91 Å². The van der Waals surface area contributed by atoms with Crippen LogP contribution in [0.15, 0.2) is 18.6 Å². The monoisotopic (exact) mass is 554 g/mol. The Morgan fingerprint density at radius 2 is 2.11 bits per heavy atom. The molecule has 0 radical (unpaired) electrons. The molecule has 3 aromatic heterocycles. The molecule has 1 saturated heterocycles. The number of aryl methyl sites for hydroxylation is 1. The fraction of sp³-hybridized carbons (Fsp3) is 0.409. The first kappa shape index (κ1) is 26.1. The van der Waals surface area contributed by atoms with Gasteiger partial charge in [-0.05, 0) is 20.3 Å². The van der Waals surface area contributed by atoms with Crippen LogP contribution >= 0.6 is 34.5 Å². The molecule has 2 N–H and O–H groups in total. The van der Waals surface area contributed by atoms with Crippen LogP contribution in [0, 0.1) is 6.92 Å². The van der Waals surface area contributed by atoms with Gasteiger partial charge in [-0.15, -0.1) is 0 Å². The summed E-state index contributed by atoms with van der Waals surface area (Å²) in [4.78, 5) is 42.8. The molecule has 192 valence electrons. The number of hydrogen-bond donors (Lipinski definition) is 2. The van der Waals surface area contributed by atoms with Gasteiger partial charge in [0.2, 0.25) is 5.06 Å². The second-order valence-electron chi connectivity index (χ2n) is 7.85. The van der Waals surface area contributed by atoms with Gasteiger partial charge in [-0.3, -0.25) is 14.8 Å². The quantitative estimate of drug-likeness (QED) is 0.414. The van der Waals surface area contributed by atoms with E-state index in [9.17, 15) is 9.59 Å². The lowest BCUT2D eigenvalue weighted by Gasteiger charge is -2.37. The molecule has 11 nitrogen and oxygen atoms in total. The number of carbonyl (C=O) groups is 2. The zero-order valence-corrected chi connectivity index (χ0v) is 22.0. The maximum Gasteiger partial charge on any atom is 0.514 e. The van der Waals surface area contributed by atoms with Crippen molar-refractivity contribution in [1.82, 2.24) is 25.3 Å². The Hall–Kier alpha value is -2.93. The van der Waals surface area contributed by atoms with Crippen LogP contribution in [0.4, 0.5) is 9.93 Å². The molecule has 0 unspecified atom stereocenters. The molecule has 36 heavy (non-hydrogen) atoms. The molecule has 0 spiro atoms. The Labute approximate surface area is 221 Å². The van der Waals surface area contributed by atoms with Crippen LogP contribution in [-0.2, 0) is 9.47 Å². The Morgan fingerprint density at radius 1 is 1.31 bits per heavy atom. The highest BCUT2D eigenvalue weighted by Crippen LogP contribution is 2.40. The molecule has 0 aliphatic carbocycles. The third kappa shape index (κ3) is 5.56. The number of nitrogens with zero attached hydrogens (tertiary/aromatic N) is 4. The van der Waals surface area contributed by atoms with Gasteiger partial charge >= 0.3 is 6.16 Å². The maximum atomic E-state index is 12.8. The number of ether oxygens (including phenoxy) is 3. The van der Waals surface area contributed by atoms with Gasteiger partial charge in [0.05, 0.1) is 35.0 Å². The van der Waals surface area contributed by atoms with Gasteiger partial charge in [0.15, 0.2) is 5.13 Å². The highest BCUT2D eigenvalue weighted by molar-refractivity contribution is 7.18. The first-order valence-corrected chi connectivity index (χ1v) is 12.6. The largest absolute Gasteiger partial charge is 0.514 e. The molecule has 14 heteroatoms. The van der Waals surface area contributed by atoms with Crippen molar-refractivity contribution in [2.24, 2.45) is 0 Å². The summed E-state index contributed by atoms with van der Waals surface area (Å²) in [5.74, 6) is -0.361. The highest BCUT2D eigenvalue weighted by atomic mass is 35.5. The second-order valence-corrected chi connectivity index (χ2v) is 9.55. The van der Waals surface area contributed by atoms with Crippen molar-refractivity contribution in [3.05, 3.63) is 40.0 Å². The molecule has 1 aliphatic rings. The number of anilines is 1. The molecule has 4 heterocycles. The number of H-pyrrole nitrogens is 1. The number of rotatable bonds is 7. The van der Waals surface area contributed by atoms with Crippen molar-refractivity contribution in [2.45, 2.75) is 32.4 Å². The molecular weight excluding hydrogens is 531 g/mol. The second kappa shape index (κ2) is 11.4. The predicted octanol–water partition coefficient (Wildman–Crippen LogP) is 4.10. The average molecular weight is 555 g/mol. The Balaban J connectivity index is 1.51. The van der Waals surface area contributed by atoms with Gasteiger partial charge in [-0.25, -0.2) is 9.78 Å². The van der Waals surface area contributed by atoms with E-state index in [1.807, 2.05) is 4.90 Å². The first-order valence-electron chi connectivity index (χ1n) is 11.1. The van der Waals surface area contributed by atoms with Crippen LogP contribution in [0.3, 0.4) is 0 Å². The topological polar surface area (TPSA) is 132 Å². The minimum Gasteiger partial charge on any atom is -0.434 e. The summed E-state index contributed by atoms with van der Waals surface area (Å²) in [6.07, 6.45) is 4.02. The standard InChI is InChI=1S/C22H24Cl2N6O5S/c1-4-34-22(32)35-20-17(13-9-25-6-7-26-13)29-21(36-20)30-8-5-12(14(10-30)33-3)28-19(31)18-16(24)15(23)11(2)27-18/h6-7,9,12,14,27H,4-5,8,10H2,1-3H3,(H,28,31)/t12-,14+/m1/s1. The van der Waals surface area contributed by atoms with Gasteiger partial charge in [-0.1, -0.05) is 34.5 Å². The summed E-state index contributed by atoms with van der Waals surface area (Å²) >= 11 is 13.5. The molecule has 4 rings (SSSR count). The van der Waals surface area contributed by atoms with Gasteiger partial charge in [0, 0.05) is 38.3 Å². The average Bonchev–Trinajstić information content (AvgIpc) is 3.41. The number of piperidine rings is 1. The van der Waals surface area contributed by atoms with Gasteiger partial charge < -0.3 is 29.4 Å². The van der Waals surface area contributed by atoms with E-state index in [1.165, 1.54) is 23.7 Å². The normalized spacial score (nSPS) is 17.6. The Kier molecular flexibility index (Phi) is 8.29. The van der Waals surface area contributed by atoms with Crippen molar-refractivity contribution >= 4 is 51.7 Å². The van der Waals surface area contributed by atoms with Crippen LogP contribution in [0.25, 0.3) is 11.4 Å². The lowest BCUT2D eigenvalue weighted by atomic mass is 10.0. The number of methoxy groups -OCH3 is 1. The van der Waals surface area contributed by atoms with E-state index in [4.69, 9.17) is 37.4 Å². The van der Waals surface area contributed by atoms with Crippen LogP contribution in [-0.4, -0.2) is 71.0 Å². The molecule has 1 aliphatic heterocycles. The smallest absolute Gasteiger partial charge is 0.434 e. The number of amides is 1. The number of halogens is 2. The van der Waals surface area contributed by atoms with Crippen molar-refractivity contribution in [3.63, 3.8) is 0 Å². The number of aromatic nitrogens is 4. The summed E-state index contributed by atoms with van der Waals surface area (Å²) in [6, 6.07) is -0.271. The molecule has 3 aromatic rings. The summed E-state index contributed by atoms with van der Waals surface area (Å²) in [7, 11) is 1.58. The number of nitrogens with one attached hydrogen (secondary N) is 2. The number of thiazole rings is 1.